The summed E-state index contributed by atoms with van der Waals surface area (Å²) >= 11 is 0. The molecule has 0 fully saturated rings. The Morgan fingerprint density at radius 2 is 1.67 bits per heavy atom. The maximum Gasteiger partial charge on any atom is 0.338 e. The van der Waals surface area contributed by atoms with Crippen LogP contribution in [0.15, 0.2) is 47.4 Å². The Morgan fingerprint density at radius 1 is 0.967 bits per heavy atom. The number of rotatable bonds is 10. The second-order valence-electron chi connectivity index (χ2n) is 6.18. The van der Waals surface area contributed by atoms with E-state index in [4.69, 9.17) is 14.2 Å². The molecular formula is C21H25NO7S. The number of hydrogen-bond donors (Lipinski definition) is 0. The van der Waals surface area contributed by atoms with Gasteiger partial charge >= 0.3 is 5.97 Å². The maximum absolute atomic E-state index is 12.6. The van der Waals surface area contributed by atoms with E-state index in [1.165, 1.54) is 48.9 Å². The molecule has 30 heavy (non-hydrogen) atoms. The quantitative estimate of drug-likeness (QED) is 0.418. The summed E-state index contributed by atoms with van der Waals surface area (Å²) in [4.78, 5) is 24.8. The molecule has 162 valence electrons. The van der Waals surface area contributed by atoms with Crippen LogP contribution in [0.1, 0.15) is 34.6 Å². The largest absolute Gasteiger partial charge is 0.497 e. The monoisotopic (exact) mass is 435 g/mol. The van der Waals surface area contributed by atoms with Gasteiger partial charge in [0.25, 0.3) is 0 Å². The topological polar surface area (TPSA) is 99.2 Å². The minimum Gasteiger partial charge on any atom is -0.497 e. The number of carbonyl (C=O) groups is 2. The van der Waals surface area contributed by atoms with Gasteiger partial charge in [0.15, 0.2) is 6.61 Å². The predicted molar refractivity (Wildman–Crippen MR) is 111 cm³/mol. The van der Waals surface area contributed by atoms with Crippen molar-refractivity contribution in [3.63, 3.8) is 0 Å². The third-order valence-electron chi connectivity index (χ3n) is 4.46. The fraction of sp³-hybridized carbons (Fsp3) is 0.333. The average molecular weight is 435 g/mol. The van der Waals surface area contributed by atoms with Crippen LogP contribution in [0.2, 0.25) is 0 Å². The third-order valence-corrected chi connectivity index (χ3v) is 6.50. The molecule has 0 spiro atoms. The highest BCUT2D eigenvalue weighted by atomic mass is 32.2. The number of methoxy groups -OCH3 is 2. The summed E-state index contributed by atoms with van der Waals surface area (Å²) in [7, 11) is -0.808. The molecule has 0 aliphatic carbocycles. The minimum absolute atomic E-state index is 0.0104. The zero-order valence-electron chi connectivity index (χ0n) is 17.4. The van der Waals surface area contributed by atoms with E-state index < -0.39 is 28.4 Å². The Kier molecular flexibility index (Phi) is 7.96. The molecule has 0 saturated carbocycles. The zero-order valence-corrected chi connectivity index (χ0v) is 18.2. The number of esters is 1. The summed E-state index contributed by atoms with van der Waals surface area (Å²) in [5.41, 5.74) is 0.279. The van der Waals surface area contributed by atoms with Crippen molar-refractivity contribution >= 4 is 21.8 Å². The molecule has 0 aliphatic rings. The van der Waals surface area contributed by atoms with Crippen molar-refractivity contribution in [2.45, 2.75) is 18.7 Å². The number of nitrogens with zero attached hydrogens (tertiary/aromatic N) is 1. The molecule has 2 rings (SSSR count). The van der Waals surface area contributed by atoms with E-state index in [1.54, 1.807) is 26.0 Å². The summed E-state index contributed by atoms with van der Waals surface area (Å²) in [6.07, 6.45) is 0. The lowest BCUT2D eigenvalue weighted by Gasteiger charge is -2.18. The Bertz CT molecular complexity index is 1010. The van der Waals surface area contributed by atoms with E-state index in [-0.39, 0.29) is 16.0 Å². The van der Waals surface area contributed by atoms with Crippen LogP contribution in [0.3, 0.4) is 0 Å². The van der Waals surface area contributed by atoms with Crippen molar-refractivity contribution in [1.82, 2.24) is 4.31 Å². The second kappa shape index (κ2) is 10.2. The van der Waals surface area contributed by atoms with E-state index in [1.807, 2.05) is 0 Å². The predicted octanol–water partition coefficient (Wildman–Crippen LogP) is 2.77. The van der Waals surface area contributed by atoms with E-state index in [0.717, 1.165) is 0 Å². The van der Waals surface area contributed by atoms with Gasteiger partial charge < -0.3 is 14.2 Å². The van der Waals surface area contributed by atoms with Crippen molar-refractivity contribution in [1.29, 1.82) is 0 Å². The molecule has 0 aliphatic heterocycles. The summed E-state index contributed by atoms with van der Waals surface area (Å²) in [6.45, 7) is 3.57. The number of ether oxygens (including phenoxy) is 3. The van der Waals surface area contributed by atoms with Gasteiger partial charge in [-0.05, 0) is 30.3 Å². The first-order valence-corrected chi connectivity index (χ1v) is 10.7. The first-order chi connectivity index (χ1) is 14.3. The normalized spacial score (nSPS) is 11.2. The molecular weight excluding hydrogens is 410 g/mol. The lowest BCUT2D eigenvalue weighted by molar-refractivity contribution is 0.0473. The molecule has 0 heterocycles. The number of hydrogen-bond acceptors (Lipinski definition) is 7. The number of Topliss-reactive ketones (excluding diaryl/α,β-unsaturated/α-hetero) is 1. The molecule has 8 nitrogen and oxygen atoms in total. The van der Waals surface area contributed by atoms with Gasteiger partial charge in [-0.15, -0.1) is 0 Å². The highest BCUT2D eigenvalue weighted by Crippen LogP contribution is 2.25. The van der Waals surface area contributed by atoms with Crippen LogP contribution < -0.4 is 9.47 Å². The molecule has 0 radical (unpaired) electrons. The summed E-state index contributed by atoms with van der Waals surface area (Å²) in [6, 6.07) is 10.2. The third kappa shape index (κ3) is 5.17. The Balaban J connectivity index is 2.15. The molecule has 0 unspecified atom stereocenters. The van der Waals surface area contributed by atoms with Crippen LogP contribution in [-0.2, 0) is 14.8 Å². The average Bonchev–Trinajstić information content (AvgIpc) is 2.77. The van der Waals surface area contributed by atoms with Gasteiger partial charge in [0.2, 0.25) is 15.8 Å². The van der Waals surface area contributed by atoms with Crippen LogP contribution in [0.4, 0.5) is 0 Å². The van der Waals surface area contributed by atoms with Gasteiger partial charge in [-0.3, -0.25) is 4.79 Å². The van der Waals surface area contributed by atoms with E-state index in [9.17, 15) is 18.0 Å². The summed E-state index contributed by atoms with van der Waals surface area (Å²) in [5.74, 6) is -0.448. The molecule has 0 saturated heterocycles. The van der Waals surface area contributed by atoms with Crippen LogP contribution in [0, 0.1) is 0 Å². The van der Waals surface area contributed by atoms with E-state index in [0.29, 0.717) is 24.6 Å². The van der Waals surface area contributed by atoms with Crippen molar-refractivity contribution in [3.05, 3.63) is 53.6 Å². The van der Waals surface area contributed by atoms with Crippen molar-refractivity contribution in [2.24, 2.45) is 0 Å². The molecule has 2 aromatic carbocycles. The Labute approximate surface area is 176 Å². The van der Waals surface area contributed by atoms with Gasteiger partial charge in [0, 0.05) is 19.2 Å². The van der Waals surface area contributed by atoms with Gasteiger partial charge in [-0.25, -0.2) is 13.2 Å². The van der Waals surface area contributed by atoms with Gasteiger partial charge in [0.05, 0.1) is 30.2 Å². The van der Waals surface area contributed by atoms with Crippen LogP contribution in [-0.4, -0.2) is 58.4 Å². The first-order valence-electron chi connectivity index (χ1n) is 9.31. The summed E-state index contributed by atoms with van der Waals surface area (Å²) in [5, 5.41) is 0. The zero-order chi connectivity index (χ0) is 22.3. The first kappa shape index (κ1) is 23.4. The molecule has 0 aromatic heterocycles. The molecule has 0 amide bonds. The van der Waals surface area contributed by atoms with Crippen LogP contribution in [0.25, 0.3) is 0 Å². The van der Waals surface area contributed by atoms with Crippen molar-refractivity contribution in [3.8, 4) is 11.5 Å². The number of benzene rings is 2. The number of carbonyl (C=O) groups excluding carboxylic acids is 2. The summed E-state index contributed by atoms with van der Waals surface area (Å²) < 4.78 is 41.9. The minimum atomic E-state index is -3.72. The lowest BCUT2D eigenvalue weighted by Crippen LogP contribution is -2.30. The van der Waals surface area contributed by atoms with Gasteiger partial charge in [-0.1, -0.05) is 19.9 Å². The lowest BCUT2D eigenvalue weighted by atomic mass is 10.1. The Hall–Kier alpha value is -2.91. The number of ketones is 1. The SMILES string of the molecule is CCN(CC)S(=O)(=O)c1cccc(C(=O)OCC(=O)c2ccc(OC)cc2OC)c1. The van der Waals surface area contributed by atoms with Gasteiger partial charge in [0.1, 0.15) is 11.5 Å². The molecule has 9 heteroatoms. The van der Waals surface area contributed by atoms with E-state index in [2.05, 4.69) is 0 Å². The number of sulfonamides is 1. The fourth-order valence-electron chi connectivity index (χ4n) is 2.82. The molecule has 0 N–H and O–H groups in total. The second-order valence-corrected chi connectivity index (χ2v) is 8.12. The van der Waals surface area contributed by atoms with Gasteiger partial charge in [-0.2, -0.15) is 4.31 Å². The van der Waals surface area contributed by atoms with Crippen LogP contribution >= 0.6 is 0 Å². The van der Waals surface area contributed by atoms with Crippen LogP contribution in [0.5, 0.6) is 11.5 Å². The highest BCUT2D eigenvalue weighted by Gasteiger charge is 2.23. The highest BCUT2D eigenvalue weighted by molar-refractivity contribution is 7.89. The van der Waals surface area contributed by atoms with Crippen molar-refractivity contribution < 1.29 is 32.2 Å². The van der Waals surface area contributed by atoms with E-state index >= 15 is 0 Å². The maximum atomic E-state index is 12.6. The molecule has 0 bridgehead atoms. The standard InChI is InChI=1S/C21H25NO7S/c1-5-22(6-2)30(25,26)17-9-7-8-15(12-17)21(24)29-14-19(23)18-11-10-16(27-3)13-20(18)28-4/h7-13H,5-6,14H2,1-4H3. The fourth-order valence-corrected chi connectivity index (χ4v) is 4.32. The van der Waals surface area contributed by atoms with Crippen molar-refractivity contribution in [2.75, 3.05) is 33.9 Å². The smallest absolute Gasteiger partial charge is 0.338 e. The Morgan fingerprint density at radius 3 is 2.27 bits per heavy atom. The molecule has 0 atom stereocenters. The molecule has 2 aromatic rings.